The summed E-state index contributed by atoms with van der Waals surface area (Å²) < 4.78 is 2.94. The number of aromatic nitrogens is 4. The van der Waals surface area contributed by atoms with Gasteiger partial charge in [-0.15, -0.1) is 0 Å². The topological polar surface area (TPSA) is 95.8 Å². The summed E-state index contributed by atoms with van der Waals surface area (Å²) >= 11 is 0. The van der Waals surface area contributed by atoms with Gasteiger partial charge < -0.3 is 0 Å². The van der Waals surface area contributed by atoms with E-state index < -0.39 is 4.92 Å². The van der Waals surface area contributed by atoms with E-state index in [4.69, 9.17) is 0 Å². The zero-order valence-electron chi connectivity index (χ0n) is 12.3. The molecule has 0 aliphatic rings. The number of fused-ring (bicyclic) bond motifs is 1. The Balaban J connectivity index is 2.09. The molecular weight excluding hydrogens is 298 g/mol. The molecule has 0 N–H and O–H groups in total. The third kappa shape index (κ3) is 2.61. The molecule has 0 saturated heterocycles. The van der Waals surface area contributed by atoms with Crippen molar-refractivity contribution < 1.29 is 4.92 Å². The van der Waals surface area contributed by atoms with Crippen LogP contribution in [0.4, 0.5) is 5.69 Å². The summed E-state index contributed by atoms with van der Waals surface area (Å²) in [7, 11) is 0. The van der Waals surface area contributed by atoms with Crippen molar-refractivity contribution >= 4 is 16.7 Å². The summed E-state index contributed by atoms with van der Waals surface area (Å²) in [6.07, 6.45) is 2.89. The molecule has 2 aromatic heterocycles. The molecule has 0 amide bonds. The predicted molar refractivity (Wildman–Crippen MR) is 84.6 cm³/mol. The zero-order chi connectivity index (χ0) is 16.6. The lowest BCUT2D eigenvalue weighted by Crippen LogP contribution is -2.20. The maximum Gasteiger partial charge on any atom is 0.269 e. The number of nitrogens with zero attached hydrogens (tertiary/aromatic N) is 5. The van der Waals surface area contributed by atoms with Crippen molar-refractivity contribution in [3.8, 4) is 5.69 Å². The summed E-state index contributed by atoms with van der Waals surface area (Å²) in [6.45, 7) is 6.01. The molecule has 0 spiro atoms. The number of hydrogen-bond donors (Lipinski definition) is 0. The number of nitro benzene ring substituents is 1. The average molecular weight is 311 g/mol. The van der Waals surface area contributed by atoms with E-state index in [-0.39, 0.29) is 11.2 Å². The monoisotopic (exact) mass is 311 g/mol. The third-order valence-corrected chi connectivity index (χ3v) is 3.30. The SMILES string of the molecule is C=C(C)Cn1cnc2c(cnn2-c2ccc([N+](=O)[O-])cc2)c1=O. The molecule has 2 heterocycles. The Hall–Kier alpha value is -3.29. The molecule has 0 radical (unpaired) electrons. The van der Waals surface area contributed by atoms with Crippen LogP contribution in [0.25, 0.3) is 16.7 Å². The van der Waals surface area contributed by atoms with Crippen molar-refractivity contribution in [2.45, 2.75) is 13.5 Å². The molecule has 0 fully saturated rings. The molecule has 8 nitrogen and oxygen atoms in total. The summed E-state index contributed by atoms with van der Waals surface area (Å²) in [5.74, 6) is 0. The zero-order valence-corrected chi connectivity index (χ0v) is 12.3. The molecule has 1 aromatic carbocycles. The van der Waals surface area contributed by atoms with E-state index in [0.29, 0.717) is 23.3 Å². The van der Waals surface area contributed by atoms with E-state index in [1.807, 2.05) is 6.92 Å². The van der Waals surface area contributed by atoms with Gasteiger partial charge in [-0.05, 0) is 19.1 Å². The molecule has 0 aliphatic carbocycles. The molecule has 0 aliphatic heterocycles. The molecule has 0 bridgehead atoms. The van der Waals surface area contributed by atoms with Crippen molar-refractivity contribution in [2.24, 2.45) is 0 Å². The van der Waals surface area contributed by atoms with Crippen molar-refractivity contribution in [3.63, 3.8) is 0 Å². The Morgan fingerprint density at radius 3 is 2.65 bits per heavy atom. The van der Waals surface area contributed by atoms with Gasteiger partial charge in [0.05, 0.1) is 16.8 Å². The van der Waals surface area contributed by atoms with Gasteiger partial charge in [-0.25, -0.2) is 9.67 Å². The van der Waals surface area contributed by atoms with E-state index in [1.54, 1.807) is 12.1 Å². The minimum Gasteiger partial charge on any atom is -0.294 e. The highest BCUT2D eigenvalue weighted by Crippen LogP contribution is 2.17. The van der Waals surface area contributed by atoms with E-state index in [2.05, 4.69) is 16.7 Å². The van der Waals surface area contributed by atoms with E-state index in [9.17, 15) is 14.9 Å². The average Bonchev–Trinajstić information content (AvgIpc) is 2.94. The van der Waals surface area contributed by atoms with Gasteiger partial charge in [-0.1, -0.05) is 12.2 Å². The Labute approximate surface area is 130 Å². The van der Waals surface area contributed by atoms with Gasteiger partial charge in [0, 0.05) is 18.7 Å². The third-order valence-electron chi connectivity index (χ3n) is 3.30. The number of rotatable bonds is 4. The Bertz CT molecular complexity index is 969. The summed E-state index contributed by atoms with van der Waals surface area (Å²) in [6, 6.07) is 5.88. The van der Waals surface area contributed by atoms with Gasteiger partial charge in [0.1, 0.15) is 11.7 Å². The van der Waals surface area contributed by atoms with E-state index in [0.717, 1.165) is 5.57 Å². The van der Waals surface area contributed by atoms with Gasteiger partial charge in [-0.2, -0.15) is 5.10 Å². The first kappa shape index (κ1) is 14.6. The first-order valence-corrected chi connectivity index (χ1v) is 6.80. The maximum atomic E-state index is 12.4. The lowest BCUT2D eigenvalue weighted by atomic mass is 10.3. The highest BCUT2D eigenvalue weighted by atomic mass is 16.6. The maximum absolute atomic E-state index is 12.4. The molecule has 3 rings (SSSR count). The van der Waals surface area contributed by atoms with Crippen LogP contribution in [-0.2, 0) is 6.54 Å². The fourth-order valence-electron chi connectivity index (χ4n) is 2.26. The van der Waals surface area contributed by atoms with E-state index in [1.165, 1.54) is 33.9 Å². The predicted octanol–water partition coefficient (Wildman–Crippen LogP) is 2.07. The first-order chi connectivity index (χ1) is 11.0. The van der Waals surface area contributed by atoms with Gasteiger partial charge in [0.2, 0.25) is 0 Å². The number of hydrogen-bond acceptors (Lipinski definition) is 5. The molecule has 8 heteroatoms. The standard InChI is InChI=1S/C15H13N5O3/c1-10(2)8-18-9-16-14-13(15(18)21)7-17-19(14)11-3-5-12(6-4-11)20(22)23/h3-7,9H,1,8H2,2H3. The van der Waals surface area contributed by atoms with Gasteiger partial charge >= 0.3 is 0 Å². The number of benzene rings is 1. The first-order valence-electron chi connectivity index (χ1n) is 6.80. The van der Waals surface area contributed by atoms with Crippen LogP contribution in [-0.4, -0.2) is 24.3 Å². The van der Waals surface area contributed by atoms with Crippen LogP contribution in [0.5, 0.6) is 0 Å². The lowest BCUT2D eigenvalue weighted by molar-refractivity contribution is -0.384. The van der Waals surface area contributed by atoms with Crippen molar-refractivity contribution in [1.82, 2.24) is 19.3 Å². The fourth-order valence-corrected chi connectivity index (χ4v) is 2.26. The van der Waals surface area contributed by atoms with Gasteiger partial charge in [-0.3, -0.25) is 19.5 Å². The summed E-state index contributed by atoms with van der Waals surface area (Å²) in [4.78, 5) is 26.9. The Morgan fingerprint density at radius 2 is 2.04 bits per heavy atom. The van der Waals surface area contributed by atoms with Crippen LogP contribution in [0.1, 0.15) is 6.92 Å². The number of nitro groups is 1. The molecule has 116 valence electrons. The molecule has 0 unspecified atom stereocenters. The number of allylic oxidation sites excluding steroid dienone is 1. The minimum atomic E-state index is -0.473. The Morgan fingerprint density at radius 1 is 1.35 bits per heavy atom. The van der Waals surface area contributed by atoms with Crippen LogP contribution in [0, 0.1) is 10.1 Å². The van der Waals surface area contributed by atoms with Crippen LogP contribution in [0.2, 0.25) is 0 Å². The highest BCUT2D eigenvalue weighted by Gasteiger charge is 2.12. The van der Waals surface area contributed by atoms with Crippen molar-refractivity contribution in [3.05, 3.63) is 69.4 Å². The van der Waals surface area contributed by atoms with Gasteiger partial charge in [0.15, 0.2) is 5.65 Å². The molecule has 3 aromatic rings. The Kier molecular flexibility index (Phi) is 3.49. The lowest BCUT2D eigenvalue weighted by Gasteiger charge is -2.05. The van der Waals surface area contributed by atoms with Crippen LogP contribution < -0.4 is 5.56 Å². The summed E-state index contributed by atoms with van der Waals surface area (Å²) in [5, 5.41) is 15.3. The normalized spacial score (nSPS) is 10.8. The highest BCUT2D eigenvalue weighted by molar-refractivity contribution is 5.75. The minimum absolute atomic E-state index is 0.0121. The van der Waals surface area contributed by atoms with Gasteiger partial charge in [0.25, 0.3) is 11.2 Å². The van der Waals surface area contributed by atoms with Crippen molar-refractivity contribution in [1.29, 1.82) is 0 Å². The van der Waals surface area contributed by atoms with Crippen LogP contribution in [0.15, 0.2) is 53.7 Å². The second kappa shape index (κ2) is 5.48. The smallest absolute Gasteiger partial charge is 0.269 e. The second-order valence-electron chi connectivity index (χ2n) is 5.20. The van der Waals surface area contributed by atoms with Crippen LogP contribution in [0.3, 0.4) is 0 Å². The molecular formula is C15H13N5O3. The second-order valence-corrected chi connectivity index (χ2v) is 5.20. The quantitative estimate of drug-likeness (QED) is 0.417. The van der Waals surface area contributed by atoms with E-state index >= 15 is 0 Å². The number of non-ortho nitro benzene ring substituents is 1. The van der Waals surface area contributed by atoms with Crippen molar-refractivity contribution in [2.75, 3.05) is 0 Å². The largest absolute Gasteiger partial charge is 0.294 e. The fraction of sp³-hybridized carbons (Fsp3) is 0.133. The molecule has 0 saturated carbocycles. The summed E-state index contributed by atoms with van der Waals surface area (Å²) in [5.41, 5.74) is 1.63. The van der Waals surface area contributed by atoms with Crippen LogP contribution >= 0.6 is 0 Å². The molecule has 0 atom stereocenters. The molecule has 23 heavy (non-hydrogen) atoms.